The molecule has 1 aromatic rings. The molecule has 3 atom stereocenters. The zero-order valence-corrected chi connectivity index (χ0v) is 24.1. The number of amides is 3. The first-order valence-corrected chi connectivity index (χ1v) is 14.2. The lowest BCUT2D eigenvalue weighted by atomic mass is 9.85. The van der Waals surface area contributed by atoms with Crippen molar-refractivity contribution >= 4 is 24.1 Å². The summed E-state index contributed by atoms with van der Waals surface area (Å²) in [6.45, 7) is 6.80. The number of esters is 1. The van der Waals surface area contributed by atoms with Crippen molar-refractivity contribution in [1.82, 2.24) is 15.1 Å². The maximum absolute atomic E-state index is 13.9. The molecule has 1 saturated heterocycles. The largest absolute Gasteiger partial charge is 0.489 e. The molecule has 4 aliphatic rings. The number of hydrogen-bond donors (Lipinski definition) is 1. The van der Waals surface area contributed by atoms with E-state index in [0.717, 1.165) is 30.4 Å². The van der Waals surface area contributed by atoms with Crippen molar-refractivity contribution in [3.63, 3.8) is 0 Å². The van der Waals surface area contributed by atoms with Gasteiger partial charge < -0.3 is 29.2 Å². The molecule has 1 N–H and O–H groups in total. The number of rotatable bonds is 1. The van der Waals surface area contributed by atoms with Gasteiger partial charge in [-0.05, 0) is 36.3 Å². The van der Waals surface area contributed by atoms with E-state index in [1.165, 1.54) is 12.0 Å². The van der Waals surface area contributed by atoms with Crippen LogP contribution < -0.4 is 10.1 Å². The summed E-state index contributed by atoms with van der Waals surface area (Å²) in [5, 5.41) is 2.74. The Kier molecular flexibility index (Phi) is 7.89. The van der Waals surface area contributed by atoms with Crippen LogP contribution in [0, 0.1) is 10.8 Å². The first-order valence-electron chi connectivity index (χ1n) is 14.2. The number of allylic oxidation sites excluding steroid dienone is 1. The lowest BCUT2D eigenvalue weighted by Gasteiger charge is -2.34. The second kappa shape index (κ2) is 11.3. The van der Waals surface area contributed by atoms with Gasteiger partial charge in [0, 0.05) is 23.9 Å². The van der Waals surface area contributed by atoms with Crippen LogP contribution in [0.3, 0.4) is 0 Å². The Labute approximate surface area is 240 Å². The summed E-state index contributed by atoms with van der Waals surface area (Å²) in [7, 11) is 1.25. The molecule has 41 heavy (non-hydrogen) atoms. The van der Waals surface area contributed by atoms with Gasteiger partial charge in [-0.25, -0.2) is 14.4 Å². The summed E-state index contributed by atoms with van der Waals surface area (Å²) in [6.07, 6.45) is 4.77. The Morgan fingerprint density at radius 2 is 1.88 bits per heavy atom. The summed E-state index contributed by atoms with van der Waals surface area (Å²) >= 11 is 0. The van der Waals surface area contributed by atoms with E-state index in [4.69, 9.17) is 18.9 Å². The van der Waals surface area contributed by atoms with Crippen molar-refractivity contribution in [2.24, 2.45) is 10.8 Å². The zero-order valence-electron chi connectivity index (χ0n) is 24.1. The predicted octanol–water partition coefficient (Wildman–Crippen LogP) is 3.54. The average Bonchev–Trinajstić information content (AvgIpc) is 3.35. The van der Waals surface area contributed by atoms with Crippen molar-refractivity contribution < 1.29 is 38.1 Å². The van der Waals surface area contributed by atoms with Crippen LogP contribution in [0.2, 0.25) is 0 Å². The van der Waals surface area contributed by atoms with E-state index in [1.54, 1.807) is 4.90 Å². The molecule has 1 unspecified atom stereocenters. The lowest BCUT2D eigenvalue weighted by Crippen LogP contribution is -2.57. The van der Waals surface area contributed by atoms with Gasteiger partial charge in [0.1, 0.15) is 30.5 Å². The van der Waals surface area contributed by atoms with Gasteiger partial charge in [0.15, 0.2) is 0 Å². The highest BCUT2D eigenvalue weighted by Gasteiger charge is 2.48. The first kappa shape index (κ1) is 28.8. The molecule has 2 fully saturated rings. The Hall–Kier alpha value is -3.76. The van der Waals surface area contributed by atoms with E-state index in [1.807, 2.05) is 51.1 Å². The minimum Gasteiger partial charge on any atom is -0.489 e. The van der Waals surface area contributed by atoms with Gasteiger partial charge in [-0.15, -0.1) is 0 Å². The first-order chi connectivity index (χ1) is 19.5. The van der Waals surface area contributed by atoms with Crippen LogP contribution in [0.1, 0.15) is 57.6 Å². The third-order valence-corrected chi connectivity index (χ3v) is 8.38. The van der Waals surface area contributed by atoms with E-state index in [9.17, 15) is 19.2 Å². The Morgan fingerprint density at radius 1 is 1.10 bits per heavy atom. The van der Waals surface area contributed by atoms with E-state index >= 15 is 0 Å². The normalized spacial score (nSPS) is 26.4. The molecule has 3 aliphatic heterocycles. The number of alkyl carbamates (subject to hydrolysis) is 1. The molecule has 1 spiro atoms. The van der Waals surface area contributed by atoms with Gasteiger partial charge in [-0.3, -0.25) is 9.69 Å². The molecule has 0 aromatic heterocycles. The maximum atomic E-state index is 13.9. The fourth-order valence-electron chi connectivity index (χ4n) is 5.67. The van der Waals surface area contributed by atoms with E-state index < -0.39 is 47.7 Å². The van der Waals surface area contributed by atoms with Crippen molar-refractivity contribution in [1.29, 1.82) is 0 Å². The predicted molar refractivity (Wildman–Crippen MR) is 147 cm³/mol. The Morgan fingerprint density at radius 3 is 2.59 bits per heavy atom. The monoisotopic (exact) mass is 569 g/mol. The van der Waals surface area contributed by atoms with Crippen molar-refractivity contribution in [3.8, 4) is 5.75 Å². The maximum Gasteiger partial charge on any atom is 0.410 e. The average molecular weight is 570 g/mol. The van der Waals surface area contributed by atoms with Gasteiger partial charge in [0.25, 0.3) is 0 Å². The van der Waals surface area contributed by atoms with Crippen molar-refractivity contribution in [3.05, 3.63) is 41.5 Å². The number of methoxy groups -OCH3 is 1. The number of hydrogen-bond acceptors (Lipinski definition) is 8. The topological polar surface area (TPSA) is 124 Å². The van der Waals surface area contributed by atoms with Crippen LogP contribution in [0.5, 0.6) is 5.75 Å². The summed E-state index contributed by atoms with van der Waals surface area (Å²) < 4.78 is 22.4. The number of benzene rings is 1. The second-order valence-electron chi connectivity index (χ2n) is 12.5. The van der Waals surface area contributed by atoms with Crippen molar-refractivity contribution in [2.45, 2.75) is 77.7 Å². The number of fused-ring (bicyclic) bond motifs is 3. The van der Waals surface area contributed by atoms with Crippen LogP contribution in [0.15, 0.2) is 30.4 Å². The lowest BCUT2D eigenvalue weighted by molar-refractivity contribution is -0.152. The highest BCUT2D eigenvalue weighted by Crippen LogP contribution is 2.49. The highest BCUT2D eigenvalue weighted by molar-refractivity contribution is 5.91. The molecule has 5 rings (SSSR count). The van der Waals surface area contributed by atoms with E-state index in [2.05, 4.69) is 5.32 Å². The Bertz CT molecular complexity index is 1230. The molecular formula is C30H39N3O8. The van der Waals surface area contributed by atoms with Gasteiger partial charge in [0.2, 0.25) is 5.91 Å². The molecule has 1 aliphatic carbocycles. The number of ether oxygens (including phenoxy) is 4. The molecule has 11 heteroatoms. The molecule has 4 bridgehead atoms. The minimum absolute atomic E-state index is 0.00240. The number of carbonyl (C=O) groups is 4. The molecule has 3 amide bonds. The third kappa shape index (κ3) is 6.28. The van der Waals surface area contributed by atoms with Crippen LogP contribution in [-0.4, -0.2) is 78.9 Å². The third-order valence-electron chi connectivity index (χ3n) is 8.38. The molecule has 0 radical (unpaired) electrons. The van der Waals surface area contributed by atoms with Crippen LogP contribution >= 0.6 is 0 Å². The zero-order chi connectivity index (χ0) is 29.4. The summed E-state index contributed by atoms with van der Waals surface area (Å²) in [5.41, 5.74) is 1.11. The van der Waals surface area contributed by atoms with Crippen LogP contribution in [0.25, 0.3) is 0 Å². The van der Waals surface area contributed by atoms with Crippen LogP contribution in [-0.2, 0) is 36.9 Å². The quantitative estimate of drug-likeness (QED) is 0.310. The van der Waals surface area contributed by atoms with Crippen LogP contribution in [0.4, 0.5) is 9.59 Å². The molecule has 11 nitrogen and oxygen atoms in total. The van der Waals surface area contributed by atoms with Crippen molar-refractivity contribution in [2.75, 3.05) is 26.9 Å². The standard InChI is InChI=1S/C30H39N3O8/c1-29(2,3)24-25(34)33-16-20(14-22(33)26(35)38-4)41-28(37)32-15-19-8-7-9-23(21(19)17-32)39-13-6-5-10-30(11-12-30)18-40-27(36)31-24/h5-9,20,22,24H,10-18H2,1-4H3,(H,31,36)/t20-,22?,24-/m1/s1. The smallest absolute Gasteiger partial charge is 0.410 e. The number of nitrogens with zero attached hydrogens (tertiary/aromatic N) is 2. The fourth-order valence-corrected chi connectivity index (χ4v) is 5.67. The number of nitrogens with one attached hydrogen (secondary N) is 1. The second-order valence-corrected chi connectivity index (χ2v) is 12.5. The molecule has 1 saturated carbocycles. The highest BCUT2D eigenvalue weighted by atomic mass is 16.6. The summed E-state index contributed by atoms with van der Waals surface area (Å²) in [5.74, 6) is -0.361. The Balaban J connectivity index is 1.41. The summed E-state index contributed by atoms with van der Waals surface area (Å²) in [4.78, 5) is 55.6. The van der Waals surface area contributed by atoms with Gasteiger partial charge in [-0.2, -0.15) is 0 Å². The van der Waals surface area contributed by atoms with E-state index in [0.29, 0.717) is 25.4 Å². The molecule has 3 heterocycles. The molecule has 1 aromatic carbocycles. The van der Waals surface area contributed by atoms with Gasteiger partial charge in [0.05, 0.1) is 26.8 Å². The molecular weight excluding hydrogens is 530 g/mol. The number of carbonyl (C=O) groups excluding carboxylic acids is 4. The van der Waals surface area contributed by atoms with E-state index in [-0.39, 0.29) is 25.0 Å². The number of cyclic esters (lactones) is 1. The van der Waals surface area contributed by atoms with Gasteiger partial charge in [-0.1, -0.05) is 45.1 Å². The minimum atomic E-state index is -0.982. The SMILES string of the molecule is COC(=O)C1C[C@@H]2CN1C(=O)[C@H](C(C)(C)C)NC(=O)OCC1(CC=CCOc3cccc4c3CN(C4)C(=O)O2)CC1. The fraction of sp³-hybridized carbons (Fsp3) is 0.600. The van der Waals surface area contributed by atoms with Gasteiger partial charge >= 0.3 is 18.2 Å². The molecule has 222 valence electrons. The summed E-state index contributed by atoms with van der Waals surface area (Å²) in [6, 6.07) is 3.82.